The maximum atomic E-state index is 12.1. The molecule has 0 unspecified atom stereocenters. The fraction of sp³-hybridized carbons (Fsp3) is 0.0667. The minimum atomic E-state index is -0.195. The van der Waals surface area contributed by atoms with Gasteiger partial charge in [0.2, 0.25) is 0 Å². The second-order valence-corrected chi connectivity index (χ2v) is 4.54. The first-order valence-electron chi connectivity index (χ1n) is 6.30. The van der Waals surface area contributed by atoms with Gasteiger partial charge in [0.15, 0.2) is 5.69 Å². The molecule has 1 aromatic heterocycles. The molecule has 0 aliphatic rings. The number of nitrogen functional groups attached to an aromatic ring is 1. The van der Waals surface area contributed by atoms with Gasteiger partial charge >= 0.3 is 0 Å². The summed E-state index contributed by atoms with van der Waals surface area (Å²) in [5.41, 5.74) is 8.59. The number of anilines is 1. The fourth-order valence-corrected chi connectivity index (χ4v) is 2.04. The highest BCUT2D eigenvalue weighted by Gasteiger charge is 2.12. The van der Waals surface area contributed by atoms with E-state index >= 15 is 0 Å². The molecule has 3 aromatic rings. The largest absolute Gasteiger partial charge is 0.399 e. The number of hydrogen-bond donors (Lipinski definition) is 3. The molecule has 0 bridgehead atoms. The summed E-state index contributed by atoms with van der Waals surface area (Å²) in [5, 5.41) is 10.6. The third kappa shape index (κ3) is 2.33. The van der Waals surface area contributed by atoms with Crippen molar-refractivity contribution in [2.75, 3.05) is 5.73 Å². The number of aromatic amines is 1. The summed E-state index contributed by atoms with van der Waals surface area (Å²) in [7, 11) is 0. The van der Waals surface area contributed by atoms with Crippen LogP contribution in [0.25, 0.3) is 10.9 Å². The molecule has 0 saturated carbocycles. The highest BCUT2D eigenvalue weighted by Crippen LogP contribution is 2.15. The van der Waals surface area contributed by atoms with Crippen molar-refractivity contribution < 1.29 is 4.79 Å². The van der Waals surface area contributed by atoms with E-state index < -0.39 is 0 Å². The molecule has 5 nitrogen and oxygen atoms in total. The number of fused-ring (bicyclic) bond motifs is 1. The highest BCUT2D eigenvalue weighted by molar-refractivity contribution is 6.04. The zero-order valence-corrected chi connectivity index (χ0v) is 10.8. The van der Waals surface area contributed by atoms with E-state index in [4.69, 9.17) is 5.73 Å². The summed E-state index contributed by atoms with van der Waals surface area (Å²) in [6.07, 6.45) is 0. The van der Waals surface area contributed by atoms with Crippen LogP contribution in [-0.2, 0) is 6.54 Å². The third-order valence-corrected chi connectivity index (χ3v) is 3.12. The van der Waals surface area contributed by atoms with Gasteiger partial charge in [0.05, 0.1) is 5.52 Å². The molecule has 20 heavy (non-hydrogen) atoms. The quantitative estimate of drug-likeness (QED) is 0.634. The molecule has 100 valence electrons. The first kappa shape index (κ1) is 12.2. The monoisotopic (exact) mass is 266 g/mol. The standard InChI is InChI=1S/C15H14N4O/c16-11-7-5-10(6-8-11)9-17-15(20)14-12-3-1-2-4-13(12)18-19-14/h1-8H,9,16H2,(H,17,20)(H,18,19). The molecule has 0 atom stereocenters. The van der Waals surface area contributed by atoms with E-state index in [1.54, 1.807) is 0 Å². The van der Waals surface area contributed by atoms with Crippen molar-refractivity contribution in [3.63, 3.8) is 0 Å². The van der Waals surface area contributed by atoms with Crippen LogP contribution in [0.5, 0.6) is 0 Å². The first-order chi connectivity index (χ1) is 9.74. The van der Waals surface area contributed by atoms with Gasteiger partial charge in [-0.05, 0) is 23.8 Å². The van der Waals surface area contributed by atoms with Gasteiger partial charge in [-0.15, -0.1) is 0 Å². The minimum Gasteiger partial charge on any atom is -0.399 e. The van der Waals surface area contributed by atoms with Gasteiger partial charge in [-0.2, -0.15) is 5.10 Å². The number of nitrogens with zero attached hydrogens (tertiary/aromatic N) is 1. The van der Waals surface area contributed by atoms with Gasteiger partial charge in [-0.25, -0.2) is 0 Å². The van der Waals surface area contributed by atoms with Crippen LogP contribution in [0.3, 0.4) is 0 Å². The second kappa shape index (κ2) is 5.05. The summed E-state index contributed by atoms with van der Waals surface area (Å²) < 4.78 is 0. The van der Waals surface area contributed by atoms with Gasteiger partial charge in [-0.3, -0.25) is 9.89 Å². The Kier molecular flexibility index (Phi) is 3.09. The highest BCUT2D eigenvalue weighted by atomic mass is 16.1. The van der Waals surface area contributed by atoms with Crippen LogP contribution in [0, 0.1) is 0 Å². The molecule has 0 aliphatic carbocycles. The van der Waals surface area contributed by atoms with Crippen LogP contribution in [0.2, 0.25) is 0 Å². The number of amides is 1. The third-order valence-electron chi connectivity index (χ3n) is 3.12. The first-order valence-corrected chi connectivity index (χ1v) is 6.30. The van der Waals surface area contributed by atoms with Crippen LogP contribution < -0.4 is 11.1 Å². The smallest absolute Gasteiger partial charge is 0.272 e. The van der Waals surface area contributed by atoms with E-state index in [2.05, 4.69) is 15.5 Å². The number of carbonyl (C=O) groups is 1. The predicted molar refractivity (Wildman–Crippen MR) is 78.1 cm³/mol. The lowest BCUT2D eigenvalue weighted by Gasteiger charge is -2.04. The molecule has 0 radical (unpaired) electrons. The molecule has 0 fully saturated rings. The molecule has 5 heteroatoms. The second-order valence-electron chi connectivity index (χ2n) is 4.54. The SMILES string of the molecule is Nc1ccc(CNC(=O)c2n[nH]c3ccccc23)cc1. The topological polar surface area (TPSA) is 83.8 Å². The number of aromatic nitrogens is 2. The van der Waals surface area contributed by atoms with Gasteiger partial charge < -0.3 is 11.1 Å². The molecule has 1 heterocycles. The molecule has 0 aliphatic heterocycles. The Bertz CT molecular complexity index is 746. The number of hydrogen-bond acceptors (Lipinski definition) is 3. The minimum absolute atomic E-state index is 0.195. The number of carbonyl (C=O) groups excluding carboxylic acids is 1. The Balaban J connectivity index is 1.75. The van der Waals surface area contributed by atoms with Gasteiger partial charge in [0, 0.05) is 17.6 Å². The average molecular weight is 266 g/mol. The Morgan fingerprint density at radius 1 is 1.15 bits per heavy atom. The molecule has 0 saturated heterocycles. The lowest BCUT2D eigenvalue weighted by atomic mass is 10.2. The van der Waals surface area contributed by atoms with Crippen molar-refractivity contribution in [3.8, 4) is 0 Å². The van der Waals surface area contributed by atoms with Crippen molar-refractivity contribution in [1.29, 1.82) is 0 Å². The zero-order valence-electron chi connectivity index (χ0n) is 10.8. The van der Waals surface area contributed by atoms with E-state index in [1.165, 1.54) is 0 Å². The fourth-order valence-electron chi connectivity index (χ4n) is 2.04. The zero-order chi connectivity index (χ0) is 13.9. The molecule has 4 N–H and O–H groups in total. The Hall–Kier alpha value is -2.82. The lowest BCUT2D eigenvalue weighted by Crippen LogP contribution is -2.23. The number of nitrogens with two attached hydrogens (primary N) is 1. The van der Waals surface area contributed by atoms with Crippen molar-refractivity contribution in [2.24, 2.45) is 0 Å². The normalized spacial score (nSPS) is 10.6. The van der Waals surface area contributed by atoms with Crippen LogP contribution in [-0.4, -0.2) is 16.1 Å². The molecule has 1 amide bonds. The Morgan fingerprint density at radius 2 is 1.90 bits per heavy atom. The average Bonchev–Trinajstić information content (AvgIpc) is 2.90. The van der Waals surface area contributed by atoms with Gasteiger partial charge in [0.25, 0.3) is 5.91 Å². The maximum absolute atomic E-state index is 12.1. The molecule has 2 aromatic carbocycles. The van der Waals surface area contributed by atoms with Crippen LogP contribution in [0.4, 0.5) is 5.69 Å². The van der Waals surface area contributed by atoms with Crippen molar-refractivity contribution in [2.45, 2.75) is 6.54 Å². The van der Waals surface area contributed by atoms with E-state index in [-0.39, 0.29) is 5.91 Å². The number of nitrogens with one attached hydrogen (secondary N) is 2. The van der Waals surface area contributed by atoms with Gasteiger partial charge in [0.1, 0.15) is 0 Å². The summed E-state index contributed by atoms with van der Waals surface area (Å²) in [6.45, 7) is 0.445. The summed E-state index contributed by atoms with van der Waals surface area (Å²) in [6, 6.07) is 14.9. The molecule has 3 rings (SSSR count). The van der Waals surface area contributed by atoms with Crippen molar-refractivity contribution >= 4 is 22.5 Å². The Labute approximate surface area is 115 Å². The summed E-state index contributed by atoms with van der Waals surface area (Å²) in [5.74, 6) is -0.195. The van der Waals surface area contributed by atoms with Crippen molar-refractivity contribution in [3.05, 3.63) is 59.8 Å². The van der Waals surface area contributed by atoms with Crippen molar-refractivity contribution in [1.82, 2.24) is 15.5 Å². The Morgan fingerprint density at radius 3 is 2.70 bits per heavy atom. The molecule has 0 spiro atoms. The number of benzene rings is 2. The number of para-hydroxylation sites is 1. The maximum Gasteiger partial charge on any atom is 0.272 e. The van der Waals surface area contributed by atoms with E-state index in [1.807, 2.05) is 48.5 Å². The summed E-state index contributed by atoms with van der Waals surface area (Å²) >= 11 is 0. The van der Waals surface area contributed by atoms with E-state index in [9.17, 15) is 4.79 Å². The lowest BCUT2D eigenvalue weighted by molar-refractivity contribution is 0.0947. The van der Waals surface area contributed by atoms with Crippen LogP contribution in [0.15, 0.2) is 48.5 Å². The van der Waals surface area contributed by atoms with E-state index in [0.717, 1.165) is 16.5 Å². The van der Waals surface area contributed by atoms with E-state index in [0.29, 0.717) is 17.9 Å². The van der Waals surface area contributed by atoms with Crippen LogP contribution >= 0.6 is 0 Å². The number of rotatable bonds is 3. The summed E-state index contributed by atoms with van der Waals surface area (Å²) in [4.78, 5) is 12.1. The predicted octanol–water partition coefficient (Wildman–Crippen LogP) is 2.08. The molecular weight excluding hydrogens is 252 g/mol. The molecular formula is C15H14N4O. The van der Waals surface area contributed by atoms with Gasteiger partial charge in [-0.1, -0.05) is 30.3 Å². The van der Waals surface area contributed by atoms with Crippen LogP contribution in [0.1, 0.15) is 16.1 Å². The number of H-pyrrole nitrogens is 1.